The average Bonchev–Trinajstić information content (AvgIpc) is 3.36. The molecule has 14 heteroatoms. The summed E-state index contributed by atoms with van der Waals surface area (Å²) in [5, 5.41) is 7.68. The lowest BCUT2D eigenvalue weighted by molar-refractivity contribution is -0.738. The van der Waals surface area contributed by atoms with Gasteiger partial charge < -0.3 is 5.32 Å². The maximum absolute atomic E-state index is 14.0. The molecule has 11 nitrogen and oxygen atoms in total. The van der Waals surface area contributed by atoms with Crippen LogP contribution in [0.25, 0.3) is 0 Å². The molecule has 2 aliphatic heterocycles. The first-order chi connectivity index (χ1) is 17.8. The number of hydrogen-bond acceptors (Lipinski definition) is 8. The Kier molecular flexibility index (Phi) is 8.38. The van der Waals surface area contributed by atoms with Gasteiger partial charge in [-0.3, -0.25) is 4.68 Å². The van der Waals surface area contributed by atoms with Crippen LogP contribution in [-0.4, -0.2) is 86.1 Å². The zero-order chi connectivity index (χ0) is 27.6. The third-order valence-corrected chi connectivity index (χ3v) is 10.7. The van der Waals surface area contributed by atoms with Crippen LogP contribution < -0.4 is 10.0 Å². The van der Waals surface area contributed by atoms with E-state index >= 15 is 0 Å². The van der Waals surface area contributed by atoms with E-state index in [2.05, 4.69) is 20.1 Å². The van der Waals surface area contributed by atoms with Gasteiger partial charge in [0.25, 0.3) is 0 Å². The molecule has 2 saturated heterocycles. The molecule has 1 amide bonds. The largest absolute Gasteiger partial charge is 0.347 e. The maximum atomic E-state index is 14.0. The normalized spacial score (nSPS) is 25.1. The van der Waals surface area contributed by atoms with E-state index in [1.54, 1.807) is 6.33 Å². The van der Waals surface area contributed by atoms with Gasteiger partial charge in [0.05, 0.1) is 12.5 Å². The van der Waals surface area contributed by atoms with Gasteiger partial charge in [-0.1, -0.05) is 12.1 Å². The van der Waals surface area contributed by atoms with Gasteiger partial charge in [-0.25, -0.2) is 22.6 Å². The molecule has 210 valence electrons. The van der Waals surface area contributed by atoms with Crippen LogP contribution in [0, 0.1) is 17.2 Å². The van der Waals surface area contributed by atoms with Crippen molar-refractivity contribution in [2.24, 2.45) is 11.3 Å². The molecule has 1 aromatic carbocycles. The molecule has 0 saturated carbocycles. The first kappa shape index (κ1) is 28.7. The molecular formula is C24H36FN6O5S2+. The monoisotopic (exact) mass is 571 g/mol. The minimum atomic E-state index is -3.96. The number of nitrogens with one attached hydrogen (secondary N) is 2. The summed E-state index contributed by atoms with van der Waals surface area (Å²) in [6.07, 6.45) is 7.84. The molecule has 2 aliphatic rings. The van der Waals surface area contributed by atoms with Crippen molar-refractivity contribution in [2.45, 2.75) is 44.7 Å². The van der Waals surface area contributed by atoms with Gasteiger partial charge in [0.15, 0.2) is 0 Å². The Bertz CT molecular complexity index is 1320. The number of hydrogen-bond donors (Lipinski definition) is 2. The van der Waals surface area contributed by atoms with Crippen molar-refractivity contribution in [3.8, 4) is 0 Å². The Balaban J connectivity index is 1.61. The minimum absolute atomic E-state index is 0.0558. The van der Waals surface area contributed by atoms with E-state index in [1.165, 1.54) is 30.6 Å². The van der Waals surface area contributed by atoms with Gasteiger partial charge in [-0.15, -0.1) is 0 Å². The fourth-order valence-electron chi connectivity index (χ4n) is 6.15. The lowest BCUT2D eigenvalue weighted by Gasteiger charge is -2.48. The zero-order valence-corrected chi connectivity index (χ0v) is 23.3. The number of nitrogens with zero attached hydrogens (tertiary/aromatic N) is 4. The highest BCUT2D eigenvalue weighted by atomic mass is 32.2. The van der Waals surface area contributed by atoms with Crippen molar-refractivity contribution in [3.05, 3.63) is 48.3 Å². The molecule has 1 atom stereocenters. The number of sulfonamides is 2. The molecule has 38 heavy (non-hydrogen) atoms. The van der Waals surface area contributed by atoms with Crippen molar-refractivity contribution >= 4 is 26.0 Å². The van der Waals surface area contributed by atoms with Crippen molar-refractivity contribution in [3.63, 3.8) is 0 Å². The smallest absolute Gasteiger partial charge is 0.317 e. The number of benzene rings is 1. The van der Waals surface area contributed by atoms with Crippen LogP contribution in [0.2, 0.25) is 0 Å². The average molecular weight is 572 g/mol. The van der Waals surface area contributed by atoms with E-state index in [-0.39, 0.29) is 30.8 Å². The standard InChI is InChI=1S/C24H36FN6O5S2/c1-37(33,34)29-22(15-19-3-5-21(25)6-4-19)23(32)31(38(2,35)36)13-7-20(8-14-31)24(9-11-26-12-10-24)16-30-18-27-17-28-30/h3-6,17-18,20,22,26,29H,7-16H2,1-2H3/q+1/t20?,22-,31?/m0/s1. The summed E-state index contributed by atoms with van der Waals surface area (Å²) in [6.45, 7) is 2.46. The predicted molar refractivity (Wildman–Crippen MR) is 139 cm³/mol. The van der Waals surface area contributed by atoms with E-state index in [0.717, 1.165) is 38.4 Å². The predicted octanol–water partition coefficient (Wildman–Crippen LogP) is 0.661. The number of carbonyl (C=O) groups excluding carboxylic acids is 1. The number of aromatic nitrogens is 3. The third-order valence-electron chi connectivity index (χ3n) is 8.13. The van der Waals surface area contributed by atoms with Crippen LogP contribution in [0.5, 0.6) is 0 Å². The van der Waals surface area contributed by atoms with Crippen molar-refractivity contribution < 1.29 is 29.9 Å². The zero-order valence-electron chi connectivity index (χ0n) is 21.7. The molecule has 2 aromatic rings. The van der Waals surface area contributed by atoms with Crippen LogP contribution in [0.15, 0.2) is 36.9 Å². The molecule has 0 spiro atoms. The van der Waals surface area contributed by atoms with Gasteiger partial charge >= 0.3 is 15.9 Å². The Morgan fingerprint density at radius 3 is 2.32 bits per heavy atom. The lowest BCUT2D eigenvalue weighted by Crippen LogP contribution is -2.66. The third kappa shape index (κ3) is 6.30. The second kappa shape index (κ2) is 11.1. The van der Waals surface area contributed by atoms with Gasteiger partial charge in [-0.2, -0.15) is 22.1 Å². The van der Waals surface area contributed by atoms with E-state index in [9.17, 15) is 26.0 Å². The van der Waals surface area contributed by atoms with Crippen LogP contribution >= 0.6 is 0 Å². The fourth-order valence-corrected chi connectivity index (χ4v) is 8.18. The Hall–Kier alpha value is -2.26. The van der Waals surface area contributed by atoms with Gasteiger partial charge in [-0.05, 0) is 55.0 Å². The van der Waals surface area contributed by atoms with E-state index in [1.807, 2.05) is 4.68 Å². The first-order valence-electron chi connectivity index (χ1n) is 12.7. The Labute approximate surface area is 223 Å². The number of halogens is 1. The molecule has 4 rings (SSSR count). The molecule has 1 aromatic heterocycles. The van der Waals surface area contributed by atoms with Crippen molar-refractivity contribution in [2.75, 3.05) is 38.7 Å². The topological polar surface area (TPSA) is 140 Å². The van der Waals surface area contributed by atoms with E-state index in [0.29, 0.717) is 24.9 Å². The minimum Gasteiger partial charge on any atom is -0.317 e. The number of piperidine rings is 2. The van der Waals surface area contributed by atoms with Gasteiger partial charge in [0, 0.05) is 25.8 Å². The summed E-state index contributed by atoms with van der Waals surface area (Å²) in [6, 6.07) is 4.04. The van der Waals surface area contributed by atoms with Crippen molar-refractivity contribution in [1.29, 1.82) is 0 Å². The second-order valence-electron chi connectivity index (χ2n) is 10.7. The number of carbonyl (C=O) groups is 1. The molecule has 0 radical (unpaired) electrons. The number of likely N-dealkylation sites (tertiary alicyclic amines) is 1. The van der Waals surface area contributed by atoms with Crippen LogP contribution in [0.3, 0.4) is 0 Å². The number of amides is 1. The SMILES string of the molecule is CS(=O)(=O)N[C@@H](Cc1ccc(F)cc1)C(=O)[N+]1(S(C)(=O)=O)CCC(C2(Cn3cncn3)CCNCC2)CC1. The van der Waals surface area contributed by atoms with Gasteiger partial charge in [0.1, 0.15) is 37.6 Å². The van der Waals surface area contributed by atoms with E-state index < -0.39 is 41.7 Å². The quantitative estimate of drug-likeness (QED) is 0.419. The molecule has 2 N–H and O–H groups in total. The Morgan fingerprint density at radius 2 is 1.79 bits per heavy atom. The summed E-state index contributed by atoms with van der Waals surface area (Å²) in [7, 11) is -7.80. The molecule has 2 fully saturated rings. The Morgan fingerprint density at radius 1 is 1.16 bits per heavy atom. The highest BCUT2D eigenvalue weighted by molar-refractivity contribution is 7.88. The van der Waals surface area contributed by atoms with Crippen LogP contribution in [-0.2, 0) is 37.8 Å². The van der Waals surface area contributed by atoms with Crippen LogP contribution in [0.1, 0.15) is 31.2 Å². The summed E-state index contributed by atoms with van der Waals surface area (Å²) < 4.78 is 67.6. The fraction of sp³-hybridized carbons (Fsp3) is 0.625. The summed E-state index contributed by atoms with van der Waals surface area (Å²) in [5.41, 5.74) is 0.401. The maximum Gasteiger partial charge on any atom is 0.347 e. The second-order valence-corrected chi connectivity index (χ2v) is 14.6. The molecule has 3 heterocycles. The molecular weight excluding hydrogens is 535 g/mol. The summed E-state index contributed by atoms with van der Waals surface area (Å²) in [4.78, 5) is 18.1. The summed E-state index contributed by atoms with van der Waals surface area (Å²) >= 11 is 0. The summed E-state index contributed by atoms with van der Waals surface area (Å²) in [5.74, 6) is -1.02. The highest BCUT2D eigenvalue weighted by Crippen LogP contribution is 2.45. The molecule has 0 aliphatic carbocycles. The van der Waals surface area contributed by atoms with Crippen LogP contribution in [0.4, 0.5) is 4.39 Å². The number of rotatable bonds is 9. The first-order valence-corrected chi connectivity index (χ1v) is 16.4. The van der Waals surface area contributed by atoms with Crippen molar-refractivity contribution in [1.82, 2.24) is 24.8 Å². The van der Waals surface area contributed by atoms with E-state index in [4.69, 9.17) is 0 Å². The molecule has 0 unspecified atom stereocenters. The molecule has 0 bridgehead atoms. The van der Waals surface area contributed by atoms with Gasteiger partial charge in [0.2, 0.25) is 10.0 Å². The highest BCUT2D eigenvalue weighted by Gasteiger charge is 2.55. The lowest BCUT2D eigenvalue weighted by atomic mass is 9.65. The number of quaternary nitrogens is 1.